The number of thiophene rings is 1. The Balaban J connectivity index is 1.63. The molecular weight excluding hydrogens is 312 g/mol. The van der Waals surface area contributed by atoms with Gasteiger partial charge in [-0.3, -0.25) is 4.79 Å². The van der Waals surface area contributed by atoms with E-state index in [1.165, 1.54) is 17.5 Å². The minimum absolute atomic E-state index is 0.169. The van der Waals surface area contributed by atoms with Crippen LogP contribution < -0.4 is 5.32 Å². The maximum atomic E-state index is 12.3. The molecule has 1 aliphatic carbocycles. The second-order valence-electron chi connectivity index (χ2n) is 5.62. The number of rotatable bonds is 3. The number of para-hydroxylation sites is 1. The van der Waals surface area contributed by atoms with Crippen LogP contribution in [0.2, 0.25) is 0 Å². The van der Waals surface area contributed by atoms with Gasteiger partial charge in [0.1, 0.15) is 10.0 Å². The molecule has 0 saturated heterocycles. The van der Waals surface area contributed by atoms with Crippen molar-refractivity contribution in [2.75, 3.05) is 5.32 Å². The molecule has 0 unspecified atom stereocenters. The molecule has 4 rings (SSSR count). The van der Waals surface area contributed by atoms with Crippen molar-refractivity contribution in [1.82, 2.24) is 4.98 Å². The molecule has 2 aromatic heterocycles. The van der Waals surface area contributed by atoms with Crippen LogP contribution in [0.15, 0.2) is 35.7 Å². The van der Waals surface area contributed by atoms with Crippen LogP contribution in [0, 0.1) is 5.92 Å². The smallest absolute Gasteiger partial charge is 0.228 e. The maximum absolute atomic E-state index is 12.3. The summed E-state index contributed by atoms with van der Waals surface area (Å²) in [5.41, 5.74) is 2.05. The molecule has 3 aromatic rings. The standard InChI is InChI=1S/C17H16N2OS2/c20-15(11-5-1-2-6-11)19-16-12(9-10-21-16)17-18-13-7-3-4-8-14(13)22-17/h3-4,7-11H,1-2,5-6H2,(H,19,20). The summed E-state index contributed by atoms with van der Waals surface area (Å²) in [6, 6.07) is 10.2. The van der Waals surface area contributed by atoms with Gasteiger partial charge >= 0.3 is 0 Å². The molecule has 1 aliphatic rings. The third-order valence-electron chi connectivity index (χ3n) is 4.15. The second kappa shape index (κ2) is 5.82. The number of benzene rings is 1. The van der Waals surface area contributed by atoms with Gasteiger partial charge in [0.2, 0.25) is 5.91 Å². The van der Waals surface area contributed by atoms with Crippen LogP contribution in [-0.4, -0.2) is 10.9 Å². The molecule has 0 aliphatic heterocycles. The van der Waals surface area contributed by atoms with Crippen LogP contribution in [0.1, 0.15) is 25.7 Å². The quantitative estimate of drug-likeness (QED) is 0.722. The predicted octanol–water partition coefficient (Wildman–Crippen LogP) is 5.15. The number of carbonyl (C=O) groups is 1. The van der Waals surface area contributed by atoms with E-state index in [1.54, 1.807) is 22.7 Å². The molecule has 0 spiro atoms. The van der Waals surface area contributed by atoms with Gasteiger partial charge in [0.05, 0.1) is 10.2 Å². The number of nitrogens with zero attached hydrogens (tertiary/aromatic N) is 1. The largest absolute Gasteiger partial charge is 0.317 e. The Morgan fingerprint density at radius 3 is 2.82 bits per heavy atom. The predicted molar refractivity (Wildman–Crippen MR) is 93.5 cm³/mol. The first-order chi connectivity index (χ1) is 10.8. The minimum Gasteiger partial charge on any atom is -0.317 e. The fourth-order valence-corrected chi connectivity index (χ4v) is 4.82. The van der Waals surface area contributed by atoms with Gasteiger partial charge in [-0.15, -0.1) is 22.7 Å². The number of aromatic nitrogens is 1. The van der Waals surface area contributed by atoms with E-state index in [4.69, 9.17) is 4.98 Å². The summed E-state index contributed by atoms with van der Waals surface area (Å²) in [4.78, 5) is 17.0. The number of nitrogens with one attached hydrogen (secondary N) is 1. The summed E-state index contributed by atoms with van der Waals surface area (Å²) < 4.78 is 1.18. The first-order valence-electron chi connectivity index (χ1n) is 7.55. The van der Waals surface area contributed by atoms with Crippen LogP contribution in [0.4, 0.5) is 5.00 Å². The van der Waals surface area contributed by atoms with Crippen molar-refractivity contribution >= 4 is 43.8 Å². The average Bonchev–Trinajstić information content (AvgIpc) is 3.26. The van der Waals surface area contributed by atoms with Crippen molar-refractivity contribution in [2.45, 2.75) is 25.7 Å². The molecule has 5 heteroatoms. The number of carbonyl (C=O) groups excluding carboxylic acids is 1. The van der Waals surface area contributed by atoms with Crippen molar-refractivity contribution in [1.29, 1.82) is 0 Å². The van der Waals surface area contributed by atoms with E-state index >= 15 is 0 Å². The molecule has 1 saturated carbocycles. The van der Waals surface area contributed by atoms with Crippen LogP contribution in [0.3, 0.4) is 0 Å². The zero-order valence-corrected chi connectivity index (χ0v) is 13.7. The van der Waals surface area contributed by atoms with Gasteiger partial charge in [0.25, 0.3) is 0 Å². The fraction of sp³-hybridized carbons (Fsp3) is 0.294. The lowest BCUT2D eigenvalue weighted by Crippen LogP contribution is -2.19. The van der Waals surface area contributed by atoms with Crippen LogP contribution in [-0.2, 0) is 4.79 Å². The highest BCUT2D eigenvalue weighted by Crippen LogP contribution is 2.38. The van der Waals surface area contributed by atoms with Crippen molar-refractivity contribution in [3.8, 4) is 10.6 Å². The SMILES string of the molecule is O=C(Nc1sccc1-c1nc2ccccc2s1)C1CCCC1. The van der Waals surface area contributed by atoms with Crippen molar-refractivity contribution in [2.24, 2.45) is 5.92 Å². The van der Waals surface area contributed by atoms with E-state index in [0.717, 1.165) is 33.9 Å². The summed E-state index contributed by atoms with van der Waals surface area (Å²) in [5.74, 6) is 0.354. The Morgan fingerprint density at radius 1 is 1.18 bits per heavy atom. The van der Waals surface area contributed by atoms with E-state index < -0.39 is 0 Å². The monoisotopic (exact) mass is 328 g/mol. The molecule has 1 fully saturated rings. The minimum atomic E-state index is 0.169. The zero-order valence-electron chi connectivity index (χ0n) is 12.0. The maximum Gasteiger partial charge on any atom is 0.228 e. The molecule has 0 bridgehead atoms. The van der Waals surface area contributed by atoms with Gasteiger partial charge < -0.3 is 5.32 Å². The van der Waals surface area contributed by atoms with Crippen molar-refractivity contribution < 1.29 is 4.79 Å². The van der Waals surface area contributed by atoms with Gasteiger partial charge in [-0.25, -0.2) is 4.98 Å². The third kappa shape index (κ3) is 2.55. The van der Waals surface area contributed by atoms with E-state index in [9.17, 15) is 4.79 Å². The lowest BCUT2D eigenvalue weighted by Gasteiger charge is -2.09. The lowest BCUT2D eigenvalue weighted by atomic mass is 10.1. The highest BCUT2D eigenvalue weighted by Gasteiger charge is 2.24. The number of fused-ring (bicyclic) bond motifs is 1. The van der Waals surface area contributed by atoms with Gasteiger partial charge in [0.15, 0.2) is 0 Å². The Kier molecular flexibility index (Phi) is 3.68. The summed E-state index contributed by atoms with van der Waals surface area (Å²) in [6.07, 6.45) is 4.39. The highest BCUT2D eigenvalue weighted by molar-refractivity contribution is 7.22. The Morgan fingerprint density at radius 2 is 2.00 bits per heavy atom. The Bertz CT molecular complexity index is 782. The molecule has 112 valence electrons. The molecule has 0 atom stereocenters. The number of thiazole rings is 1. The van der Waals surface area contributed by atoms with Gasteiger partial charge in [-0.2, -0.15) is 0 Å². The van der Waals surface area contributed by atoms with E-state index in [1.807, 2.05) is 29.6 Å². The Labute approximate surface area is 137 Å². The molecule has 22 heavy (non-hydrogen) atoms. The summed E-state index contributed by atoms with van der Waals surface area (Å²) in [6.45, 7) is 0. The first kappa shape index (κ1) is 13.9. The van der Waals surface area contributed by atoms with Crippen LogP contribution in [0.25, 0.3) is 20.8 Å². The van der Waals surface area contributed by atoms with Gasteiger partial charge in [-0.1, -0.05) is 25.0 Å². The first-order valence-corrected chi connectivity index (χ1v) is 9.25. The van der Waals surface area contributed by atoms with Crippen molar-refractivity contribution in [3.63, 3.8) is 0 Å². The van der Waals surface area contributed by atoms with Gasteiger partial charge in [-0.05, 0) is 36.4 Å². The number of hydrogen-bond acceptors (Lipinski definition) is 4. The van der Waals surface area contributed by atoms with Crippen LogP contribution in [0.5, 0.6) is 0 Å². The summed E-state index contributed by atoms with van der Waals surface area (Å²) in [5, 5.41) is 7.04. The zero-order chi connectivity index (χ0) is 14.9. The summed E-state index contributed by atoms with van der Waals surface area (Å²) in [7, 11) is 0. The number of amides is 1. The summed E-state index contributed by atoms with van der Waals surface area (Å²) >= 11 is 3.25. The van der Waals surface area contributed by atoms with Crippen LogP contribution >= 0.6 is 22.7 Å². The number of anilines is 1. The van der Waals surface area contributed by atoms with Gasteiger partial charge in [0, 0.05) is 11.5 Å². The molecule has 2 heterocycles. The molecule has 3 nitrogen and oxygen atoms in total. The molecule has 1 N–H and O–H groups in total. The molecular formula is C17H16N2OS2. The fourth-order valence-electron chi connectivity index (χ4n) is 2.96. The third-order valence-corrected chi connectivity index (χ3v) is 6.05. The Hall–Kier alpha value is -1.72. The molecule has 0 radical (unpaired) electrons. The van der Waals surface area contributed by atoms with E-state index in [-0.39, 0.29) is 11.8 Å². The molecule has 1 aromatic carbocycles. The van der Waals surface area contributed by atoms with E-state index in [2.05, 4.69) is 11.4 Å². The van der Waals surface area contributed by atoms with Crippen molar-refractivity contribution in [3.05, 3.63) is 35.7 Å². The topological polar surface area (TPSA) is 42.0 Å². The molecule has 1 amide bonds. The lowest BCUT2D eigenvalue weighted by molar-refractivity contribution is -0.119. The van der Waals surface area contributed by atoms with E-state index in [0.29, 0.717) is 0 Å². The normalized spacial score (nSPS) is 15.5. The second-order valence-corrected chi connectivity index (χ2v) is 7.57. The number of hydrogen-bond donors (Lipinski definition) is 1. The average molecular weight is 328 g/mol. The highest BCUT2D eigenvalue weighted by atomic mass is 32.1.